The van der Waals surface area contributed by atoms with Gasteiger partial charge in [-0.05, 0) is 18.6 Å². The molecule has 1 aliphatic rings. The number of aliphatic carboxylic acids is 1. The van der Waals surface area contributed by atoms with E-state index in [2.05, 4.69) is 6.07 Å². The zero-order chi connectivity index (χ0) is 13.3. The van der Waals surface area contributed by atoms with Crippen molar-refractivity contribution < 1.29 is 14.7 Å². The Morgan fingerprint density at radius 2 is 2.28 bits per heavy atom. The molecule has 1 unspecified atom stereocenters. The third-order valence-corrected chi connectivity index (χ3v) is 4.21. The molecule has 0 bridgehead atoms. The molecule has 0 aromatic heterocycles. The van der Waals surface area contributed by atoms with E-state index in [1.807, 2.05) is 19.1 Å². The second-order valence-corrected chi connectivity index (χ2v) is 5.75. The molecule has 0 radical (unpaired) electrons. The van der Waals surface area contributed by atoms with Crippen LogP contribution < -0.4 is 0 Å². The highest BCUT2D eigenvalue weighted by molar-refractivity contribution is 8.00. The van der Waals surface area contributed by atoms with Gasteiger partial charge in [0.1, 0.15) is 0 Å². The molecule has 2 rings (SSSR count). The number of hydrogen-bond donors (Lipinski definition) is 1. The molecule has 1 aliphatic heterocycles. The fourth-order valence-corrected chi connectivity index (χ4v) is 3.25. The van der Waals surface area contributed by atoms with Crippen molar-refractivity contribution >= 4 is 23.6 Å². The van der Waals surface area contributed by atoms with Gasteiger partial charge in [0.15, 0.2) is 0 Å². The molecule has 5 heteroatoms. The number of carboxylic acid groups (broad SMARTS) is 1. The standard InChI is InChI=1S/C13H15NO3S/c1-8-3-4-10-9(5-8)7-14(2)13(17)11(18-10)6-12(15)16/h3-5,11H,6-7H2,1-2H3,(H,15,16). The Morgan fingerprint density at radius 1 is 1.56 bits per heavy atom. The van der Waals surface area contributed by atoms with Gasteiger partial charge < -0.3 is 10.0 Å². The van der Waals surface area contributed by atoms with E-state index in [9.17, 15) is 9.59 Å². The number of carbonyl (C=O) groups excluding carboxylic acids is 1. The number of fused-ring (bicyclic) bond motifs is 1. The molecule has 1 atom stereocenters. The summed E-state index contributed by atoms with van der Waals surface area (Å²) in [5.41, 5.74) is 2.23. The predicted octanol–water partition coefficient (Wildman–Crippen LogP) is 1.90. The summed E-state index contributed by atoms with van der Waals surface area (Å²) in [6, 6.07) is 6.01. The Bertz CT molecular complexity index is 501. The van der Waals surface area contributed by atoms with Gasteiger partial charge in [0.2, 0.25) is 5.91 Å². The van der Waals surface area contributed by atoms with Gasteiger partial charge in [-0.15, -0.1) is 11.8 Å². The number of carboxylic acids is 1. The minimum atomic E-state index is -0.940. The summed E-state index contributed by atoms with van der Waals surface area (Å²) < 4.78 is 0. The van der Waals surface area contributed by atoms with Crippen LogP contribution in [0.1, 0.15) is 17.5 Å². The lowest BCUT2D eigenvalue weighted by Gasteiger charge is -2.17. The Labute approximate surface area is 110 Å². The summed E-state index contributed by atoms with van der Waals surface area (Å²) in [5.74, 6) is -1.05. The van der Waals surface area contributed by atoms with Gasteiger partial charge in [-0.2, -0.15) is 0 Å². The minimum absolute atomic E-state index is 0.115. The molecule has 96 valence electrons. The van der Waals surface area contributed by atoms with Gasteiger partial charge in [-0.25, -0.2) is 0 Å². The van der Waals surface area contributed by atoms with Gasteiger partial charge in [-0.3, -0.25) is 9.59 Å². The maximum atomic E-state index is 12.1. The number of rotatable bonds is 2. The molecule has 0 saturated heterocycles. The largest absolute Gasteiger partial charge is 0.481 e. The molecule has 4 nitrogen and oxygen atoms in total. The number of hydrogen-bond acceptors (Lipinski definition) is 3. The summed E-state index contributed by atoms with van der Waals surface area (Å²) in [6.45, 7) is 2.55. The summed E-state index contributed by atoms with van der Waals surface area (Å²) in [4.78, 5) is 25.5. The first kappa shape index (κ1) is 13.0. The highest BCUT2D eigenvalue weighted by Crippen LogP contribution is 2.34. The SMILES string of the molecule is Cc1ccc2c(c1)CN(C)C(=O)C(CC(=O)O)S2. The van der Waals surface area contributed by atoms with E-state index in [1.165, 1.54) is 11.8 Å². The molecule has 0 saturated carbocycles. The van der Waals surface area contributed by atoms with Crippen molar-refractivity contribution in [3.8, 4) is 0 Å². The lowest BCUT2D eigenvalue weighted by atomic mass is 10.1. The molecule has 0 aliphatic carbocycles. The van der Waals surface area contributed by atoms with E-state index in [1.54, 1.807) is 11.9 Å². The predicted molar refractivity (Wildman–Crippen MR) is 69.6 cm³/mol. The maximum Gasteiger partial charge on any atom is 0.305 e. The number of nitrogens with zero attached hydrogens (tertiary/aromatic N) is 1. The van der Waals surface area contributed by atoms with Crippen molar-refractivity contribution in [2.45, 2.75) is 30.0 Å². The second-order valence-electron chi connectivity index (χ2n) is 4.51. The first-order valence-electron chi connectivity index (χ1n) is 5.70. The Balaban J connectivity index is 2.34. The van der Waals surface area contributed by atoms with Crippen molar-refractivity contribution in [1.29, 1.82) is 0 Å². The number of thioether (sulfide) groups is 1. The van der Waals surface area contributed by atoms with Crippen molar-refractivity contribution in [2.24, 2.45) is 0 Å². The van der Waals surface area contributed by atoms with Crippen molar-refractivity contribution in [1.82, 2.24) is 4.90 Å². The highest BCUT2D eigenvalue weighted by atomic mass is 32.2. The summed E-state index contributed by atoms with van der Waals surface area (Å²) >= 11 is 1.35. The maximum absolute atomic E-state index is 12.1. The van der Waals surface area contributed by atoms with Crippen LogP contribution in [0.4, 0.5) is 0 Å². The fraction of sp³-hybridized carbons (Fsp3) is 0.385. The smallest absolute Gasteiger partial charge is 0.305 e. The number of benzene rings is 1. The summed E-state index contributed by atoms with van der Waals surface area (Å²) in [7, 11) is 1.72. The van der Waals surface area contributed by atoms with Crippen LogP contribution in [0, 0.1) is 6.92 Å². The molecule has 18 heavy (non-hydrogen) atoms. The molecular formula is C13H15NO3S. The first-order valence-corrected chi connectivity index (χ1v) is 6.58. The lowest BCUT2D eigenvalue weighted by molar-refractivity contribution is -0.140. The van der Waals surface area contributed by atoms with Crippen molar-refractivity contribution in [3.63, 3.8) is 0 Å². The normalized spacial score (nSPS) is 19.3. The van der Waals surface area contributed by atoms with Crippen LogP contribution in [-0.2, 0) is 16.1 Å². The fourth-order valence-electron chi connectivity index (χ4n) is 2.02. The van der Waals surface area contributed by atoms with Crippen LogP contribution >= 0.6 is 11.8 Å². The average molecular weight is 265 g/mol. The monoisotopic (exact) mass is 265 g/mol. The first-order chi connectivity index (χ1) is 8.47. The van der Waals surface area contributed by atoms with E-state index in [0.29, 0.717) is 6.54 Å². The van der Waals surface area contributed by atoms with Crippen LogP contribution in [0.5, 0.6) is 0 Å². The Kier molecular flexibility index (Phi) is 3.61. The number of carbonyl (C=O) groups is 2. The van der Waals surface area contributed by atoms with E-state index in [4.69, 9.17) is 5.11 Å². The number of amides is 1. The quantitative estimate of drug-likeness (QED) is 0.887. The Hall–Kier alpha value is -1.49. The summed E-state index contributed by atoms with van der Waals surface area (Å²) in [5, 5.41) is 8.34. The van der Waals surface area contributed by atoms with E-state index < -0.39 is 11.2 Å². The van der Waals surface area contributed by atoms with Crippen LogP contribution in [0.15, 0.2) is 23.1 Å². The summed E-state index contributed by atoms with van der Waals surface area (Å²) in [6.07, 6.45) is -0.138. The Morgan fingerprint density at radius 3 is 2.94 bits per heavy atom. The molecular weight excluding hydrogens is 250 g/mol. The molecule has 1 N–H and O–H groups in total. The van der Waals surface area contributed by atoms with Crippen LogP contribution in [0.3, 0.4) is 0 Å². The van der Waals surface area contributed by atoms with Crippen LogP contribution in [0.2, 0.25) is 0 Å². The van der Waals surface area contributed by atoms with Gasteiger partial charge >= 0.3 is 5.97 Å². The molecule has 1 amide bonds. The molecule has 0 fully saturated rings. The van der Waals surface area contributed by atoms with E-state index in [0.717, 1.165) is 16.0 Å². The van der Waals surface area contributed by atoms with E-state index >= 15 is 0 Å². The molecule has 1 heterocycles. The zero-order valence-electron chi connectivity index (χ0n) is 10.3. The van der Waals surface area contributed by atoms with E-state index in [-0.39, 0.29) is 12.3 Å². The number of aryl methyl sites for hydroxylation is 1. The average Bonchev–Trinajstić information content (AvgIpc) is 2.39. The topological polar surface area (TPSA) is 57.6 Å². The van der Waals surface area contributed by atoms with Gasteiger partial charge in [0.25, 0.3) is 0 Å². The molecule has 1 aromatic carbocycles. The van der Waals surface area contributed by atoms with Gasteiger partial charge in [0, 0.05) is 18.5 Å². The molecule has 0 spiro atoms. The molecule has 1 aromatic rings. The minimum Gasteiger partial charge on any atom is -0.481 e. The van der Waals surface area contributed by atoms with Crippen molar-refractivity contribution in [3.05, 3.63) is 29.3 Å². The van der Waals surface area contributed by atoms with Crippen LogP contribution in [-0.4, -0.2) is 34.2 Å². The van der Waals surface area contributed by atoms with Crippen LogP contribution in [0.25, 0.3) is 0 Å². The highest BCUT2D eigenvalue weighted by Gasteiger charge is 2.29. The van der Waals surface area contributed by atoms with Gasteiger partial charge in [-0.1, -0.05) is 17.7 Å². The third-order valence-electron chi connectivity index (χ3n) is 2.90. The van der Waals surface area contributed by atoms with Gasteiger partial charge in [0.05, 0.1) is 11.7 Å². The zero-order valence-corrected chi connectivity index (χ0v) is 11.2. The second kappa shape index (κ2) is 5.02. The lowest BCUT2D eigenvalue weighted by Crippen LogP contribution is -2.33. The third kappa shape index (κ3) is 2.67. The van der Waals surface area contributed by atoms with Crippen molar-refractivity contribution in [2.75, 3.05) is 7.05 Å².